The molecule has 4 unspecified atom stereocenters. The van der Waals surface area contributed by atoms with Crippen LogP contribution in [-0.2, 0) is 39.2 Å². The van der Waals surface area contributed by atoms with E-state index in [0.717, 1.165) is 62.1 Å². The zero-order valence-corrected chi connectivity index (χ0v) is 38.3. The monoisotopic (exact) mass is 866 g/mol. The van der Waals surface area contributed by atoms with Gasteiger partial charge in [-0.1, -0.05) is 81.1 Å². The molecule has 0 aromatic heterocycles. The van der Waals surface area contributed by atoms with Crippen LogP contribution in [0.15, 0.2) is 46.2 Å². The molecular formula is C40H58CaO14S2. The largest absolute Gasteiger partial charge is 2.00 e. The van der Waals surface area contributed by atoms with Crippen LogP contribution >= 0.6 is 0 Å². The molecule has 17 heteroatoms. The molecule has 0 aliphatic carbocycles. The molecule has 0 bridgehead atoms. The van der Waals surface area contributed by atoms with Crippen molar-refractivity contribution in [3.63, 3.8) is 0 Å². The van der Waals surface area contributed by atoms with E-state index in [2.05, 4.69) is 0 Å². The molecule has 0 saturated carbocycles. The van der Waals surface area contributed by atoms with Crippen molar-refractivity contribution in [1.29, 1.82) is 0 Å². The summed E-state index contributed by atoms with van der Waals surface area (Å²) in [5.74, 6) is -1.77. The number of carbonyl (C=O) groups excluding carboxylic acids is 4. The van der Waals surface area contributed by atoms with Crippen LogP contribution in [0, 0.1) is 23.7 Å². The molecule has 0 saturated heterocycles. The van der Waals surface area contributed by atoms with E-state index in [0.29, 0.717) is 49.4 Å². The topological polar surface area (TPSA) is 220 Å². The van der Waals surface area contributed by atoms with Crippen molar-refractivity contribution >= 4 is 81.9 Å². The van der Waals surface area contributed by atoms with E-state index in [1.807, 2.05) is 55.4 Å². The smallest absolute Gasteiger partial charge is 0.744 e. The molecule has 2 aromatic carbocycles. The number of esters is 4. The Morgan fingerprint density at radius 1 is 0.474 bits per heavy atom. The summed E-state index contributed by atoms with van der Waals surface area (Å²) in [7, 11) is -9.56. The van der Waals surface area contributed by atoms with Gasteiger partial charge in [-0.25, -0.2) is 36.0 Å². The molecule has 0 aliphatic rings. The van der Waals surface area contributed by atoms with Gasteiger partial charge in [-0.05, 0) is 85.8 Å². The third kappa shape index (κ3) is 20.3. The summed E-state index contributed by atoms with van der Waals surface area (Å²) < 4.78 is 88.5. The summed E-state index contributed by atoms with van der Waals surface area (Å²) in [6.07, 6.45) is 6.36. The molecule has 0 heterocycles. The van der Waals surface area contributed by atoms with E-state index in [-0.39, 0.29) is 86.4 Å². The number of benzene rings is 2. The van der Waals surface area contributed by atoms with Gasteiger partial charge in [0.1, 0.15) is 20.2 Å². The van der Waals surface area contributed by atoms with Gasteiger partial charge in [-0.3, -0.25) is 0 Å². The summed E-state index contributed by atoms with van der Waals surface area (Å²) in [6, 6.07) is 5.95. The normalized spacial score (nSPS) is 13.4. The molecule has 14 nitrogen and oxygen atoms in total. The Hall–Kier alpha value is -2.60. The summed E-state index contributed by atoms with van der Waals surface area (Å²) >= 11 is 0. The molecule has 4 atom stereocenters. The first-order chi connectivity index (χ1) is 26.2. The Morgan fingerprint density at radius 2 is 0.702 bits per heavy atom. The van der Waals surface area contributed by atoms with Gasteiger partial charge in [-0.2, -0.15) is 0 Å². The predicted molar refractivity (Wildman–Crippen MR) is 212 cm³/mol. The first kappa shape index (κ1) is 54.4. The van der Waals surface area contributed by atoms with Gasteiger partial charge in [-0.15, -0.1) is 0 Å². The average Bonchev–Trinajstić information content (AvgIpc) is 3.16. The van der Waals surface area contributed by atoms with Crippen molar-refractivity contribution in [2.45, 2.75) is 117 Å². The van der Waals surface area contributed by atoms with Crippen molar-refractivity contribution in [2.24, 2.45) is 23.7 Å². The summed E-state index contributed by atoms with van der Waals surface area (Å²) in [5.41, 5.74) is -0.806. The molecule has 57 heavy (non-hydrogen) atoms. The molecule has 0 fully saturated rings. The Bertz CT molecular complexity index is 1680. The van der Waals surface area contributed by atoms with Crippen LogP contribution in [-0.4, -0.2) is 114 Å². The van der Waals surface area contributed by atoms with E-state index in [1.54, 1.807) is 0 Å². The standard InChI is InChI=1S/2C20H30O7S.Ca/c2*1-5-14(3)9-11-26-19(21)17-8-7-16(28(23,24)25)13-18(17)20(22)27-12-10-15(4)6-2;/h2*7-8,13-15H,5-6,9-12H2,1-4H3,(H,23,24,25);/q;;+2/p-2. The minimum atomic E-state index is -4.78. The van der Waals surface area contributed by atoms with E-state index < -0.39 is 53.9 Å². The number of carbonyl (C=O) groups is 4. The second-order valence-corrected chi connectivity index (χ2v) is 16.8. The van der Waals surface area contributed by atoms with Crippen LogP contribution in [0.25, 0.3) is 0 Å². The maximum absolute atomic E-state index is 12.4. The van der Waals surface area contributed by atoms with Crippen molar-refractivity contribution in [1.82, 2.24) is 0 Å². The van der Waals surface area contributed by atoms with Gasteiger partial charge in [0.15, 0.2) is 0 Å². The minimum Gasteiger partial charge on any atom is -0.744 e. The summed E-state index contributed by atoms with van der Waals surface area (Å²) in [6.45, 7) is 16.8. The van der Waals surface area contributed by atoms with Crippen molar-refractivity contribution in [2.75, 3.05) is 26.4 Å². The van der Waals surface area contributed by atoms with Crippen LogP contribution in [0.1, 0.15) is 148 Å². The molecule has 0 spiro atoms. The van der Waals surface area contributed by atoms with E-state index in [9.17, 15) is 45.1 Å². The van der Waals surface area contributed by atoms with Gasteiger partial charge in [0.05, 0.1) is 58.5 Å². The third-order valence-corrected chi connectivity index (χ3v) is 11.3. The van der Waals surface area contributed by atoms with Gasteiger partial charge in [0, 0.05) is 0 Å². The van der Waals surface area contributed by atoms with Crippen molar-refractivity contribution in [3.05, 3.63) is 58.7 Å². The fourth-order valence-electron chi connectivity index (χ4n) is 4.59. The Labute approximate surface area is 368 Å². The van der Waals surface area contributed by atoms with Crippen LogP contribution in [0.5, 0.6) is 0 Å². The molecule has 316 valence electrons. The predicted octanol–water partition coefficient (Wildman–Crippen LogP) is 7.17. The second kappa shape index (κ2) is 27.2. The van der Waals surface area contributed by atoms with Crippen LogP contribution in [0.3, 0.4) is 0 Å². The minimum absolute atomic E-state index is 0. The van der Waals surface area contributed by atoms with Crippen LogP contribution in [0.2, 0.25) is 0 Å². The molecule has 2 aromatic rings. The molecule has 0 N–H and O–H groups in total. The first-order valence-corrected chi connectivity index (χ1v) is 21.9. The first-order valence-electron chi connectivity index (χ1n) is 19.1. The summed E-state index contributed by atoms with van der Waals surface area (Å²) in [5, 5.41) is 0. The molecule has 2 rings (SSSR count). The fraction of sp³-hybridized carbons (Fsp3) is 0.600. The zero-order chi connectivity index (χ0) is 42.6. The van der Waals surface area contributed by atoms with Crippen LogP contribution < -0.4 is 0 Å². The van der Waals surface area contributed by atoms with E-state index in [4.69, 9.17) is 18.9 Å². The average molecular weight is 867 g/mol. The fourth-order valence-corrected chi connectivity index (χ4v) is 5.58. The molecular weight excluding hydrogens is 809 g/mol. The Kier molecular flexibility index (Phi) is 26.0. The van der Waals surface area contributed by atoms with E-state index >= 15 is 0 Å². The quantitative estimate of drug-likeness (QED) is 0.0496. The van der Waals surface area contributed by atoms with Crippen LogP contribution in [0.4, 0.5) is 0 Å². The van der Waals surface area contributed by atoms with Gasteiger partial charge < -0.3 is 28.1 Å². The third-order valence-electron chi connectivity index (χ3n) is 9.60. The molecule has 0 aliphatic heterocycles. The van der Waals surface area contributed by atoms with Crippen molar-refractivity contribution in [3.8, 4) is 0 Å². The van der Waals surface area contributed by atoms with Gasteiger partial charge in [0.25, 0.3) is 0 Å². The number of ether oxygens (including phenoxy) is 4. The van der Waals surface area contributed by atoms with E-state index in [1.165, 1.54) is 0 Å². The zero-order valence-electron chi connectivity index (χ0n) is 34.5. The number of rotatable bonds is 22. The van der Waals surface area contributed by atoms with Crippen molar-refractivity contribution < 1.29 is 64.1 Å². The summed E-state index contributed by atoms with van der Waals surface area (Å²) in [4.78, 5) is 48.4. The molecule has 0 radical (unpaired) electrons. The van der Waals surface area contributed by atoms with Gasteiger partial charge >= 0.3 is 61.6 Å². The Balaban J connectivity index is 0.00000108. The number of hydrogen-bond acceptors (Lipinski definition) is 14. The van der Waals surface area contributed by atoms with Gasteiger partial charge in [0.2, 0.25) is 0 Å². The second-order valence-electron chi connectivity index (χ2n) is 14.1. The molecule has 0 amide bonds. The Morgan fingerprint density at radius 3 is 0.912 bits per heavy atom. The SMILES string of the molecule is CCC(C)CCOC(=O)c1ccc(S(=O)(=O)[O-])cc1C(=O)OCCC(C)CC.CCC(C)CCOC(=O)c1ccc(S(=O)(=O)[O-])cc1C(=O)OCCC(C)CC.[Ca+2]. The maximum Gasteiger partial charge on any atom is 2.00 e. The maximum atomic E-state index is 12.4. The number of hydrogen-bond donors (Lipinski definition) is 0.